The molecule has 76 valence electrons. The second kappa shape index (κ2) is 4.40. The van der Waals surface area contributed by atoms with E-state index in [9.17, 15) is 0 Å². The number of halogens is 1. The Labute approximate surface area is 96.3 Å². The minimum absolute atomic E-state index is 0.603. The van der Waals surface area contributed by atoms with Gasteiger partial charge in [0.15, 0.2) is 0 Å². The fourth-order valence-corrected chi connectivity index (χ4v) is 1.72. The Kier molecular flexibility index (Phi) is 2.97. The van der Waals surface area contributed by atoms with E-state index >= 15 is 0 Å². The largest absolute Gasteiger partial charge is 0.481 e. The zero-order valence-corrected chi connectivity index (χ0v) is 9.73. The Hall–Kier alpha value is -1.42. The van der Waals surface area contributed by atoms with E-state index in [0.29, 0.717) is 5.88 Å². The third kappa shape index (κ3) is 2.15. The van der Waals surface area contributed by atoms with Crippen molar-refractivity contribution >= 4 is 15.9 Å². The minimum atomic E-state index is 0.603. The van der Waals surface area contributed by atoms with Gasteiger partial charge in [0.05, 0.1) is 12.8 Å². The predicted molar refractivity (Wildman–Crippen MR) is 61.7 cm³/mol. The van der Waals surface area contributed by atoms with Crippen molar-refractivity contribution in [2.45, 2.75) is 0 Å². The van der Waals surface area contributed by atoms with Crippen LogP contribution < -0.4 is 4.74 Å². The maximum atomic E-state index is 4.99. The van der Waals surface area contributed by atoms with E-state index in [2.05, 4.69) is 25.9 Å². The average Bonchev–Trinajstić information content (AvgIpc) is 2.30. The van der Waals surface area contributed by atoms with Crippen molar-refractivity contribution in [2.75, 3.05) is 7.11 Å². The molecule has 0 amide bonds. The highest BCUT2D eigenvalue weighted by molar-refractivity contribution is 9.10. The molecule has 15 heavy (non-hydrogen) atoms. The smallest absolute Gasteiger partial charge is 0.212 e. The SMILES string of the molecule is COc1ccc(-c2ncccc2Br)cn1. The summed E-state index contributed by atoms with van der Waals surface area (Å²) in [6, 6.07) is 7.58. The van der Waals surface area contributed by atoms with Crippen molar-refractivity contribution in [3.05, 3.63) is 41.1 Å². The molecule has 0 aliphatic rings. The molecule has 2 aromatic rings. The molecular weight excluding hydrogens is 256 g/mol. The van der Waals surface area contributed by atoms with Crippen molar-refractivity contribution in [1.82, 2.24) is 9.97 Å². The summed E-state index contributed by atoms with van der Waals surface area (Å²) in [5.74, 6) is 0.603. The van der Waals surface area contributed by atoms with Crippen molar-refractivity contribution in [2.24, 2.45) is 0 Å². The molecule has 0 atom stereocenters. The van der Waals surface area contributed by atoms with Gasteiger partial charge in [-0.2, -0.15) is 0 Å². The van der Waals surface area contributed by atoms with Crippen LogP contribution in [0.1, 0.15) is 0 Å². The van der Waals surface area contributed by atoms with Crippen LogP contribution in [0.3, 0.4) is 0 Å². The fourth-order valence-electron chi connectivity index (χ4n) is 1.24. The molecule has 0 saturated carbocycles. The Balaban J connectivity index is 2.42. The van der Waals surface area contributed by atoms with Gasteiger partial charge in [-0.05, 0) is 34.1 Å². The zero-order chi connectivity index (χ0) is 10.7. The molecule has 0 bridgehead atoms. The molecule has 2 heterocycles. The highest BCUT2D eigenvalue weighted by atomic mass is 79.9. The van der Waals surface area contributed by atoms with Gasteiger partial charge in [0.1, 0.15) is 0 Å². The number of ether oxygens (including phenoxy) is 1. The minimum Gasteiger partial charge on any atom is -0.481 e. The van der Waals surface area contributed by atoms with Gasteiger partial charge in [-0.1, -0.05) is 0 Å². The second-order valence-electron chi connectivity index (χ2n) is 2.92. The Morgan fingerprint density at radius 3 is 2.67 bits per heavy atom. The van der Waals surface area contributed by atoms with Gasteiger partial charge >= 0.3 is 0 Å². The monoisotopic (exact) mass is 264 g/mol. The molecule has 0 spiro atoms. The molecule has 2 rings (SSSR count). The zero-order valence-electron chi connectivity index (χ0n) is 8.14. The van der Waals surface area contributed by atoms with Crippen LogP contribution in [0.5, 0.6) is 5.88 Å². The number of hydrogen-bond donors (Lipinski definition) is 0. The van der Waals surface area contributed by atoms with E-state index < -0.39 is 0 Å². The van der Waals surface area contributed by atoms with Crippen LogP contribution in [0.4, 0.5) is 0 Å². The van der Waals surface area contributed by atoms with E-state index in [-0.39, 0.29) is 0 Å². The third-order valence-corrected chi connectivity index (χ3v) is 2.62. The summed E-state index contributed by atoms with van der Waals surface area (Å²) < 4.78 is 5.95. The summed E-state index contributed by atoms with van der Waals surface area (Å²) in [6.07, 6.45) is 3.50. The van der Waals surface area contributed by atoms with E-state index in [1.54, 1.807) is 19.5 Å². The first-order valence-electron chi connectivity index (χ1n) is 4.42. The van der Waals surface area contributed by atoms with Crippen LogP contribution in [0, 0.1) is 0 Å². The highest BCUT2D eigenvalue weighted by Gasteiger charge is 2.04. The molecule has 2 aromatic heterocycles. The Morgan fingerprint density at radius 2 is 2.07 bits per heavy atom. The maximum absolute atomic E-state index is 4.99. The first-order valence-corrected chi connectivity index (χ1v) is 5.21. The average molecular weight is 265 g/mol. The first kappa shape index (κ1) is 10.1. The number of rotatable bonds is 2. The van der Waals surface area contributed by atoms with Crippen molar-refractivity contribution in [3.8, 4) is 17.1 Å². The molecule has 0 radical (unpaired) electrons. The molecule has 0 aromatic carbocycles. The fraction of sp³-hybridized carbons (Fsp3) is 0.0909. The second-order valence-corrected chi connectivity index (χ2v) is 3.78. The van der Waals surface area contributed by atoms with Crippen molar-refractivity contribution in [3.63, 3.8) is 0 Å². The lowest BCUT2D eigenvalue weighted by Gasteiger charge is -2.03. The van der Waals surface area contributed by atoms with E-state index in [4.69, 9.17) is 4.74 Å². The lowest BCUT2D eigenvalue weighted by molar-refractivity contribution is 0.398. The van der Waals surface area contributed by atoms with Crippen LogP contribution in [-0.4, -0.2) is 17.1 Å². The van der Waals surface area contributed by atoms with E-state index in [1.165, 1.54) is 0 Å². The summed E-state index contributed by atoms with van der Waals surface area (Å²) in [5, 5.41) is 0. The van der Waals surface area contributed by atoms with Crippen LogP contribution in [0.2, 0.25) is 0 Å². The number of aromatic nitrogens is 2. The van der Waals surface area contributed by atoms with Crippen LogP contribution >= 0.6 is 15.9 Å². The molecule has 0 saturated heterocycles. The summed E-state index contributed by atoms with van der Waals surface area (Å²) >= 11 is 3.45. The number of hydrogen-bond acceptors (Lipinski definition) is 3. The first-order chi connectivity index (χ1) is 7.31. The van der Waals surface area contributed by atoms with Crippen molar-refractivity contribution < 1.29 is 4.74 Å². The lowest BCUT2D eigenvalue weighted by atomic mass is 10.2. The molecule has 3 nitrogen and oxygen atoms in total. The lowest BCUT2D eigenvalue weighted by Crippen LogP contribution is -1.89. The topological polar surface area (TPSA) is 35.0 Å². The normalized spacial score (nSPS) is 10.0. The van der Waals surface area contributed by atoms with Crippen LogP contribution in [0.25, 0.3) is 11.3 Å². The molecule has 0 unspecified atom stereocenters. The van der Waals surface area contributed by atoms with E-state index in [1.807, 2.05) is 24.3 Å². The molecule has 0 fully saturated rings. The molecule has 0 aliphatic heterocycles. The summed E-state index contributed by atoms with van der Waals surface area (Å²) in [4.78, 5) is 8.41. The molecule has 0 N–H and O–H groups in total. The van der Waals surface area contributed by atoms with Gasteiger partial charge in [-0.25, -0.2) is 4.98 Å². The van der Waals surface area contributed by atoms with Gasteiger partial charge < -0.3 is 4.74 Å². The predicted octanol–water partition coefficient (Wildman–Crippen LogP) is 2.91. The Bertz CT molecular complexity index is 456. The molecule has 4 heteroatoms. The van der Waals surface area contributed by atoms with Gasteiger partial charge in [-0.3, -0.25) is 4.98 Å². The third-order valence-electron chi connectivity index (χ3n) is 1.98. The number of methoxy groups -OCH3 is 1. The van der Waals surface area contributed by atoms with Crippen LogP contribution in [0.15, 0.2) is 41.1 Å². The van der Waals surface area contributed by atoms with Crippen molar-refractivity contribution in [1.29, 1.82) is 0 Å². The quantitative estimate of drug-likeness (QED) is 0.837. The molecular formula is C11H9BrN2O. The highest BCUT2D eigenvalue weighted by Crippen LogP contribution is 2.25. The molecule has 0 aliphatic carbocycles. The van der Waals surface area contributed by atoms with Gasteiger partial charge in [0, 0.05) is 28.5 Å². The summed E-state index contributed by atoms with van der Waals surface area (Å²) in [7, 11) is 1.60. The number of pyridine rings is 2. The van der Waals surface area contributed by atoms with Gasteiger partial charge in [0.25, 0.3) is 0 Å². The summed E-state index contributed by atoms with van der Waals surface area (Å²) in [5.41, 5.74) is 1.84. The number of nitrogens with zero attached hydrogens (tertiary/aromatic N) is 2. The Morgan fingerprint density at radius 1 is 1.20 bits per heavy atom. The van der Waals surface area contributed by atoms with Gasteiger partial charge in [0.2, 0.25) is 5.88 Å². The maximum Gasteiger partial charge on any atom is 0.212 e. The standard InChI is InChI=1S/C11H9BrN2O/c1-15-10-5-4-8(7-14-10)11-9(12)3-2-6-13-11/h2-7H,1H3. The van der Waals surface area contributed by atoms with Gasteiger partial charge in [-0.15, -0.1) is 0 Å². The van der Waals surface area contributed by atoms with E-state index in [0.717, 1.165) is 15.7 Å². The van der Waals surface area contributed by atoms with Crippen LogP contribution in [-0.2, 0) is 0 Å². The summed E-state index contributed by atoms with van der Waals surface area (Å²) in [6.45, 7) is 0.